The first kappa shape index (κ1) is 17.5. The van der Waals surface area contributed by atoms with Crippen LogP contribution < -0.4 is 10.2 Å². The molecule has 3 rings (SSSR count). The summed E-state index contributed by atoms with van der Waals surface area (Å²) >= 11 is 11.2. The lowest BCUT2D eigenvalue weighted by Gasteiger charge is -2.10. The Morgan fingerprint density at radius 3 is 2.72 bits per heavy atom. The fourth-order valence-electron chi connectivity index (χ4n) is 2.40. The van der Waals surface area contributed by atoms with E-state index in [9.17, 15) is 0 Å². The Morgan fingerprint density at radius 1 is 1.20 bits per heavy atom. The quantitative estimate of drug-likeness (QED) is 0.599. The number of benzene rings is 2. The van der Waals surface area contributed by atoms with E-state index in [-0.39, 0.29) is 0 Å². The molecule has 0 aliphatic carbocycles. The molecule has 130 valence electrons. The van der Waals surface area contributed by atoms with Gasteiger partial charge < -0.3 is 10.2 Å². The summed E-state index contributed by atoms with van der Waals surface area (Å²) in [5, 5.41) is 7.68. The highest BCUT2D eigenvalue weighted by Gasteiger charge is 2.03. The number of halogens is 1. The zero-order valence-corrected chi connectivity index (χ0v) is 15.4. The molecular formula is C18H19ClN4OS. The van der Waals surface area contributed by atoms with Gasteiger partial charge in [0.05, 0.1) is 6.54 Å². The summed E-state index contributed by atoms with van der Waals surface area (Å²) in [5.41, 5.74) is 5.44. The van der Waals surface area contributed by atoms with Crippen molar-refractivity contribution in [2.45, 2.75) is 26.5 Å². The summed E-state index contributed by atoms with van der Waals surface area (Å²) in [5.74, 6) is 1.70. The highest BCUT2D eigenvalue weighted by Crippen LogP contribution is 2.16. The zero-order valence-electron chi connectivity index (χ0n) is 13.8. The van der Waals surface area contributed by atoms with E-state index in [1.54, 1.807) is 4.68 Å². The molecule has 1 aromatic heterocycles. The van der Waals surface area contributed by atoms with Crippen LogP contribution in [0.25, 0.3) is 0 Å². The third kappa shape index (κ3) is 4.61. The van der Waals surface area contributed by atoms with Crippen LogP contribution in [0.5, 0.6) is 5.75 Å². The Kier molecular flexibility index (Phi) is 5.73. The molecule has 0 fully saturated rings. The average Bonchev–Trinajstić information content (AvgIpc) is 2.99. The van der Waals surface area contributed by atoms with Crippen LogP contribution in [-0.4, -0.2) is 14.9 Å². The van der Waals surface area contributed by atoms with Crippen LogP contribution >= 0.6 is 23.8 Å². The number of nitrogens with one attached hydrogen (secondary N) is 2. The Hall–Kier alpha value is -2.31. The van der Waals surface area contributed by atoms with Crippen LogP contribution in [0.4, 0.5) is 0 Å². The van der Waals surface area contributed by atoms with Crippen molar-refractivity contribution in [2.75, 3.05) is 5.43 Å². The van der Waals surface area contributed by atoms with Gasteiger partial charge in [-0.25, -0.2) is 4.68 Å². The SMILES string of the molecule is CCc1n[nH]c(=S)n1NCc1ccc(OCc2cccc(Cl)c2)cc1. The number of rotatable bonds is 7. The van der Waals surface area contributed by atoms with Crippen molar-refractivity contribution < 1.29 is 4.74 Å². The Bertz CT molecular complexity index is 889. The molecule has 0 unspecified atom stereocenters. The predicted octanol–water partition coefficient (Wildman–Crippen LogP) is 4.48. The van der Waals surface area contributed by atoms with E-state index < -0.39 is 0 Å². The largest absolute Gasteiger partial charge is 0.489 e. The van der Waals surface area contributed by atoms with Crippen LogP contribution in [0, 0.1) is 4.77 Å². The summed E-state index contributed by atoms with van der Waals surface area (Å²) in [4.78, 5) is 0. The van der Waals surface area contributed by atoms with Crippen molar-refractivity contribution in [3.05, 3.63) is 75.3 Å². The molecule has 3 aromatic rings. The Morgan fingerprint density at radius 2 is 2.00 bits per heavy atom. The van der Waals surface area contributed by atoms with Gasteiger partial charge in [-0.1, -0.05) is 42.8 Å². The second-order valence-electron chi connectivity index (χ2n) is 5.53. The lowest BCUT2D eigenvalue weighted by atomic mass is 10.2. The number of hydrogen-bond acceptors (Lipinski definition) is 4. The molecule has 2 aromatic carbocycles. The first-order valence-corrected chi connectivity index (χ1v) is 8.80. The molecule has 0 aliphatic heterocycles. The minimum Gasteiger partial charge on any atom is -0.489 e. The van der Waals surface area contributed by atoms with E-state index >= 15 is 0 Å². The van der Waals surface area contributed by atoms with Gasteiger partial charge in [-0.3, -0.25) is 5.10 Å². The van der Waals surface area contributed by atoms with Crippen molar-refractivity contribution in [2.24, 2.45) is 0 Å². The Labute approximate surface area is 156 Å². The van der Waals surface area contributed by atoms with Crippen LogP contribution in [0.15, 0.2) is 48.5 Å². The number of aromatic amines is 1. The van der Waals surface area contributed by atoms with Gasteiger partial charge in [0.25, 0.3) is 0 Å². The highest BCUT2D eigenvalue weighted by molar-refractivity contribution is 7.71. The number of nitrogens with zero attached hydrogens (tertiary/aromatic N) is 2. The van der Waals surface area contributed by atoms with E-state index in [4.69, 9.17) is 28.6 Å². The number of aromatic nitrogens is 3. The molecule has 0 amide bonds. The molecule has 2 N–H and O–H groups in total. The van der Waals surface area contributed by atoms with Gasteiger partial charge in [0.15, 0.2) is 5.82 Å². The number of H-pyrrole nitrogens is 1. The van der Waals surface area contributed by atoms with E-state index in [0.717, 1.165) is 29.1 Å². The van der Waals surface area contributed by atoms with E-state index in [2.05, 4.69) is 15.6 Å². The molecular weight excluding hydrogens is 356 g/mol. The maximum atomic E-state index is 5.98. The topological polar surface area (TPSA) is 54.9 Å². The molecule has 0 radical (unpaired) electrons. The van der Waals surface area contributed by atoms with Crippen LogP contribution in [-0.2, 0) is 19.6 Å². The van der Waals surface area contributed by atoms with E-state index in [0.29, 0.717) is 22.9 Å². The number of ether oxygens (including phenoxy) is 1. The maximum absolute atomic E-state index is 5.98. The maximum Gasteiger partial charge on any atom is 0.214 e. The van der Waals surface area contributed by atoms with E-state index in [1.807, 2.05) is 55.5 Å². The zero-order chi connectivity index (χ0) is 17.6. The summed E-state index contributed by atoms with van der Waals surface area (Å²) in [6, 6.07) is 15.6. The fourth-order valence-corrected chi connectivity index (χ4v) is 2.83. The lowest BCUT2D eigenvalue weighted by Crippen LogP contribution is -2.17. The monoisotopic (exact) mass is 374 g/mol. The number of aryl methyl sites for hydroxylation is 1. The molecule has 0 bridgehead atoms. The second kappa shape index (κ2) is 8.18. The summed E-state index contributed by atoms with van der Waals surface area (Å²) in [6.07, 6.45) is 0.802. The first-order chi connectivity index (χ1) is 12.2. The molecule has 0 saturated heterocycles. The lowest BCUT2D eigenvalue weighted by molar-refractivity contribution is 0.306. The van der Waals surface area contributed by atoms with Crippen molar-refractivity contribution in [3.63, 3.8) is 0 Å². The van der Waals surface area contributed by atoms with Crippen molar-refractivity contribution in [1.82, 2.24) is 14.9 Å². The molecule has 5 nitrogen and oxygen atoms in total. The minimum atomic E-state index is 0.488. The van der Waals surface area contributed by atoms with E-state index in [1.165, 1.54) is 0 Å². The van der Waals surface area contributed by atoms with Crippen molar-refractivity contribution in [1.29, 1.82) is 0 Å². The van der Waals surface area contributed by atoms with Crippen molar-refractivity contribution in [3.8, 4) is 5.75 Å². The van der Waals surface area contributed by atoms with Gasteiger partial charge in [-0.05, 0) is 47.6 Å². The smallest absolute Gasteiger partial charge is 0.214 e. The molecule has 1 heterocycles. The van der Waals surface area contributed by atoms with Crippen LogP contribution in [0.2, 0.25) is 5.02 Å². The van der Waals surface area contributed by atoms with Crippen molar-refractivity contribution >= 4 is 23.8 Å². The van der Waals surface area contributed by atoms with Crippen LogP contribution in [0.1, 0.15) is 23.9 Å². The van der Waals surface area contributed by atoms with Gasteiger partial charge >= 0.3 is 0 Å². The molecule has 0 spiro atoms. The van der Waals surface area contributed by atoms with Gasteiger partial charge in [0.2, 0.25) is 4.77 Å². The van der Waals surface area contributed by atoms with Gasteiger partial charge in [-0.2, -0.15) is 5.10 Å². The molecule has 0 aliphatic rings. The fraction of sp³-hybridized carbons (Fsp3) is 0.222. The summed E-state index contributed by atoms with van der Waals surface area (Å²) in [7, 11) is 0. The minimum absolute atomic E-state index is 0.488. The highest BCUT2D eigenvalue weighted by atomic mass is 35.5. The van der Waals surface area contributed by atoms with Gasteiger partial charge in [-0.15, -0.1) is 0 Å². The first-order valence-electron chi connectivity index (χ1n) is 8.02. The van der Waals surface area contributed by atoms with Gasteiger partial charge in [0.1, 0.15) is 12.4 Å². The average molecular weight is 375 g/mol. The Balaban J connectivity index is 1.57. The summed E-state index contributed by atoms with van der Waals surface area (Å²) < 4.78 is 8.16. The summed E-state index contributed by atoms with van der Waals surface area (Å²) in [6.45, 7) is 3.17. The third-order valence-corrected chi connectivity index (χ3v) is 4.23. The normalized spacial score (nSPS) is 10.6. The molecule has 25 heavy (non-hydrogen) atoms. The molecule has 7 heteroatoms. The third-order valence-electron chi connectivity index (χ3n) is 3.72. The van der Waals surface area contributed by atoms with Gasteiger partial charge in [0, 0.05) is 11.4 Å². The standard InChI is InChI=1S/C18H19ClN4OS/c1-2-17-21-22-18(25)23(17)20-11-13-6-8-16(9-7-13)24-12-14-4-3-5-15(19)10-14/h3-10,20H,2,11-12H2,1H3,(H,22,25). The second-order valence-corrected chi connectivity index (χ2v) is 6.35. The number of hydrogen-bond donors (Lipinski definition) is 2. The molecule has 0 atom stereocenters. The van der Waals surface area contributed by atoms with Crippen LogP contribution in [0.3, 0.4) is 0 Å². The predicted molar refractivity (Wildman–Crippen MR) is 102 cm³/mol. The molecule has 0 saturated carbocycles.